The van der Waals surface area contributed by atoms with Gasteiger partial charge in [-0.1, -0.05) is 12.1 Å². The van der Waals surface area contributed by atoms with Crippen molar-refractivity contribution in [2.45, 2.75) is 69.2 Å². The Hall–Kier alpha value is -1.88. The quantitative estimate of drug-likeness (QED) is 0.811. The van der Waals surface area contributed by atoms with E-state index in [0.717, 1.165) is 50.6 Å². The Bertz CT molecular complexity index is 815. The molecule has 0 radical (unpaired) electrons. The van der Waals surface area contributed by atoms with Crippen LogP contribution in [0.3, 0.4) is 0 Å². The van der Waals surface area contributed by atoms with Crippen LogP contribution in [-0.4, -0.2) is 40.5 Å². The first-order valence-electron chi connectivity index (χ1n) is 11.3. The molecule has 4 aliphatic rings. The lowest BCUT2D eigenvalue weighted by atomic mass is 9.74. The molecule has 3 N–H and O–H groups in total. The molecule has 5 nitrogen and oxygen atoms in total. The first kappa shape index (κ1) is 19.1. The van der Waals surface area contributed by atoms with E-state index in [1.165, 1.54) is 37.7 Å². The minimum absolute atomic E-state index is 0.189. The third kappa shape index (κ3) is 3.48. The zero-order chi connectivity index (χ0) is 20.2. The lowest BCUT2D eigenvalue weighted by Crippen LogP contribution is -2.49. The summed E-state index contributed by atoms with van der Waals surface area (Å²) in [4.78, 5) is 25.8. The molecule has 0 aromatic heterocycles. The van der Waals surface area contributed by atoms with E-state index in [2.05, 4.69) is 6.07 Å². The molecule has 0 unspecified atom stereocenters. The molecule has 3 saturated carbocycles. The first-order valence-corrected chi connectivity index (χ1v) is 11.3. The molecule has 1 spiro atoms. The van der Waals surface area contributed by atoms with Crippen molar-refractivity contribution < 1.29 is 14.7 Å². The highest BCUT2D eigenvalue weighted by atomic mass is 16.4. The van der Waals surface area contributed by atoms with Crippen LogP contribution in [0.15, 0.2) is 24.3 Å². The van der Waals surface area contributed by atoms with E-state index in [1.807, 2.05) is 17.0 Å². The van der Waals surface area contributed by atoms with Crippen LogP contribution in [0, 0.1) is 17.3 Å². The highest BCUT2D eigenvalue weighted by molar-refractivity contribution is 5.89. The van der Waals surface area contributed by atoms with Gasteiger partial charge in [0.05, 0.1) is 11.1 Å². The lowest BCUT2D eigenvalue weighted by Gasteiger charge is -2.36. The Morgan fingerprint density at radius 2 is 1.72 bits per heavy atom. The number of carbonyl (C=O) groups is 2. The van der Waals surface area contributed by atoms with E-state index in [0.29, 0.717) is 16.9 Å². The van der Waals surface area contributed by atoms with Crippen molar-refractivity contribution in [1.82, 2.24) is 4.90 Å². The summed E-state index contributed by atoms with van der Waals surface area (Å²) in [5, 5.41) is 9.24. The Kier molecular flexibility index (Phi) is 4.50. The number of amides is 1. The van der Waals surface area contributed by atoms with Crippen molar-refractivity contribution in [1.29, 1.82) is 0 Å². The van der Waals surface area contributed by atoms with Crippen molar-refractivity contribution in [3.63, 3.8) is 0 Å². The van der Waals surface area contributed by atoms with E-state index in [-0.39, 0.29) is 5.91 Å². The molecule has 1 saturated heterocycles. The average molecular weight is 397 g/mol. The number of likely N-dealkylation sites (tertiary alicyclic amines) is 1. The van der Waals surface area contributed by atoms with Crippen molar-refractivity contribution in [3.8, 4) is 0 Å². The minimum atomic E-state index is -0.840. The fourth-order valence-corrected chi connectivity index (χ4v) is 6.22. The van der Waals surface area contributed by atoms with E-state index in [9.17, 15) is 14.7 Å². The second kappa shape index (κ2) is 6.83. The molecule has 3 aliphatic carbocycles. The number of piperidine rings is 1. The van der Waals surface area contributed by atoms with Crippen molar-refractivity contribution in [3.05, 3.63) is 35.4 Å². The van der Waals surface area contributed by atoms with Crippen LogP contribution < -0.4 is 5.73 Å². The molecule has 156 valence electrons. The molecular weight excluding hydrogens is 364 g/mol. The van der Waals surface area contributed by atoms with Gasteiger partial charge in [0, 0.05) is 13.1 Å². The topological polar surface area (TPSA) is 83.6 Å². The van der Waals surface area contributed by atoms with E-state index in [1.54, 1.807) is 6.07 Å². The summed E-state index contributed by atoms with van der Waals surface area (Å²) < 4.78 is 0. The van der Waals surface area contributed by atoms with Crippen molar-refractivity contribution >= 4 is 11.9 Å². The van der Waals surface area contributed by atoms with Gasteiger partial charge < -0.3 is 15.7 Å². The van der Waals surface area contributed by atoms with Gasteiger partial charge in [-0.25, -0.2) is 4.79 Å². The Morgan fingerprint density at radius 3 is 2.34 bits per heavy atom. The molecule has 5 rings (SSSR count). The molecule has 1 aliphatic heterocycles. The number of nitrogens with two attached hydrogens (primary N) is 1. The van der Waals surface area contributed by atoms with Gasteiger partial charge in [-0.2, -0.15) is 0 Å². The summed E-state index contributed by atoms with van der Waals surface area (Å²) in [6.07, 6.45) is 10.2. The van der Waals surface area contributed by atoms with Crippen LogP contribution >= 0.6 is 0 Å². The first-order chi connectivity index (χ1) is 13.9. The zero-order valence-electron chi connectivity index (χ0n) is 17.1. The second-order valence-corrected chi connectivity index (χ2v) is 10.2. The fraction of sp³-hybridized carbons (Fsp3) is 0.667. The van der Waals surface area contributed by atoms with Gasteiger partial charge in [-0.15, -0.1) is 0 Å². The van der Waals surface area contributed by atoms with Gasteiger partial charge in [-0.3, -0.25) is 4.79 Å². The molecule has 1 atom stereocenters. The number of hydrogen-bond donors (Lipinski definition) is 2. The number of rotatable bonds is 4. The van der Waals surface area contributed by atoms with Gasteiger partial charge in [0.15, 0.2) is 0 Å². The smallest absolute Gasteiger partial charge is 0.335 e. The van der Waals surface area contributed by atoms with Gasteiger partial charge in [-0.05, 0) is 98.7 Å². The average Bonchev–Trinajstić information content (AvgIpc) is 3.66. The van der Waals surface area contributed by atoms with Gasteiger partial charge in [0.2, 0.25) is 5.91 Å². The number of carboxylic acids is 1. The highest BCUT2D eigenvalue weighted by Crippen LogP contribution is 2.65. The maximum Gasteiger partial charge on any atom is 0.335 e. The largest absolute Gasteiger partial charge is 0.478 e. The molecule has 1 heterocycles. The Labute approximate surface area is 172 Å². The number of carbonyl (C=O) groups excluding carboxylic acids is 1. The van der Waals surface area contributed by atoms with Gasteiger partial charge >= 0.3 is 5.97 Å². The number of aromatic carboxylic acids is 1. The fourth-order valence-electron chi connectivity index (χ4n) is 6.22. The molecule has 4 fully saturated rings. The molecule has 1 aromatic rings. The zero-order valence-corrected chi connectivity index (χ0v) is 17.1. The molecule has 1 aromatic carbocycles. The van der Waals surface area contributed by atoms with Crippen LogP contribution in [0.4, 0.5) is 0 Å². The van der Waals surface area contributed by atoms with E-state index >= 15 is 0 Å². The maximum absolute atomic E-state index is 12.5. The Morgan fingerprint density at radius 1 is 1.03 bits per heavy atom. The Balaban J connectivity index is 1.14. The van der Waals surface area contributed by atoms with Gasteiger partial charge in [0.1, 0.15) is 0 Å². The van der Waals surface area contributed by atoms with Gasteiger partial charge in [0.25, 0.3) is 0 Å². The summed E-state index contributed by atoms with van der Waals surface area (Å²) in [5.74, 6) is 1.49. The van der Waals surface area contributed by atoms with Crippen molar-refractivity contribution in [2.24, 2.45) is 23.0 Å². The van der Waals surface area contributed by atoms with Crippen LogP contribution in [0.2, 0.25) is 0 Å². The monoisotopic (exact) mass is 396 g/mol. The maximum atomic E-state index is 12.5. The third-order valence-electron chi connectivity index (χ3n) is 8.46. The predicted molar refractivity (Wildman–Crippen MR) is 111 cm³/mol. The summed E-state index contributed by atoms with van der Waals surface area (Å²) in [7, 11) is 0. The SMILES string of the molecule is NC1(C(=O)N2CCC3(CC2)C[C@H]3C2CCC(c3cccc(C(=O)O)c3)CC2)CC1. The van der Waals surface area contributed by atoms with Crippen LogP contribution in [-0.2, 0) is 4.79 Å². The van der Waals surface area contributed by atoms with Crippen molar-refractivity contribution in [2.75, 3.05) is 13.1 Å². The summed E-state index contributed by atoms with van der Waals surface area (Å²) in [6.45, 7) is 1.79. The van der Waals surface area contributed by atoms with Crippen LogP contribution in [0.1, 0.15) is 79.6 Å². The normalized spacial score (nSPS) is 32.0. The number of carboxylic acid groups (broad SMARTS) is 1. The number of nitrogens with zero attached hydrogens (tertiary/aromatic N) is 1. The molecule has 29 heavy (non-hydrogen) atoms. The molecule has 1 amide bonds. The third-order valence-corrected chi connectivity index (χ3v) is 8.46. The standard InChI is InChI=1S/C24H32N2O3/c25-24(8-9-24)22(29)26-12-10-23(11-13-26)15-20(23)17-6-4-16(5-7-17)18-2-1-3-19(14-18)21(27)28/h1-3,14,16-17,20H,4-13,15,25H2,(H,27,28)/t16?,17?,20-/m0/s1. The summed E-state index contributed by atoms with van der Waals surface area (Å²) in [6, 6.07) is 7.51. The minimum Gasteiger partial charge on any atom is -0.478 e. The number of hydrogen-bond acceptors (Lipinski definition) is 3. The highest BCUT2D eigenvalue weighted by Gasteiger charge is 2.59. The predicted octanol–water partition coefficient (Wildman–Crippen LogP) is 3.78. The summed E-state index contributed by atoms with van der Waals surface area (Å²) in [5.41, 5.74) is 7.67. The number of benzene rings is 1. The molecule has 5 heteroatoms. The summed E-state index contributed by atoms with van der Waals surface area (Å²) >= 11 is 0. The molecule has 0 bridgehead atoms. The lowest BCUT2D eigenvalue weighted by molar-refractivity contribution is -0.135. The van der Waals surface area contributed by atoms with Crippen LogP contribution in [0.5, 0.6) is 0 Å². The van der Waals surface area contributed by atoms with Crippen LogP contribution in [0.25, 0.3) is 0 Å². The van der Waals surface area contributed by atoms with E-state index in [4.69, 9.17) is 5.73 Å². The van der Waals surface area contributed by atoms with E-state index < -0.39 is 11.5 Å². The second-order valence-electron chi connectivity index (χ2n) is 10.2. The molecular formula is C24H32N2O3.